The minimum absolute atomic E-state index is 0.168. The molecule has 1 aliphatic heterocycles. The quantitative estimate of drug-likeness (QED) is 0.565. The normalized spacial score (nSPS) is 15.5. The Morgan fingerprint density at radius 2 is 1.72 bits per heavy atom. The molecule has 4 rings (SSSR count). The number of nitrogens with zero attached hydrogens (tertiary/aromatic N) is 2. The highest BCUT2D eigenvalue weighted by molar-refractivity contribution is 5.91. The van der Waals surface area contributed by atoms with Crippen molar-refractivity contribution in [2.24, 2.45) is 0 Å². The van der Waals surface area contributed by atoms with Gasteiger partial charge in [-0.25, -0.2) is 4.79 Å². The lowest BCUT2D eigenvalue weighted by Gasteiger charge is -2.22. The molecule has 168 valence electrons. The molecule has 0 atom stereocenters. The lowest BCUT2D eigenvalue weighted by molar-refractivity contribution is -0.135. The zero-order valence-corrected chi connectivity index (χ0v) is 18.3. The van der Waals surface area contributed by atoms with Gasteiger partial charge in [0.15, 0.2) is 6.61 Å². The fraction of sp³-hybridized carbons (Fsp3) is 0.400. The van der Waals surface area contributed by atoms with E-state index in [1.165, 1.54) is 0 Å². The number of hydrogen-bond acceptors (Lipinski definition) is 5. The maximum absolute atomic E-state index is 12.8. The number of amides is 2. The summed E-state index contributed by atoms with van der Waals surface area (Å²) in [6, 6.07) is 14.8. The van der Waals surface area contributed by atoms with E-state index in [1.807, 2.05) is 41.3 Å². The van der Waals surface area contributed by atoms with Crippen LogP contribution < -0.4 is 4.74 Å². The van der Waals surface area contributed by atoms with Gasteiger partial charge in [-0.3, -0.25) is 9.59 Å². The van der Waals surface area contributed by atoms with Crippen molar-refractivity contribution in [3.05, 3.63) is 65.2 Å². The van der Waals surface area contributed by atoms with Gasteiger partial charge >= 0.3 is 5.97 Å². The number of rotatable bonds is 9. The summed E-state index contributed by atoms with van der Waals surface area (Å²) in [7, 11) is 1.62. The Hall–Kier alpha value is -3.35. The van der Waals surface area contributed by atoms with E-state index in [-0.39, 0.29) is 24.5 Å². The van der Waals surface area contributed by atoms with E-state index in [9.17, 15) is 14.4 Å². The third-order valence-electron chi connectivity index (χ3n) is 5.88. The molecular formula is C25H28N2O5. The number of benzene rings is 2. The Morgan fingerprint density at radius 1 is 1.03 bits per heavy atom. The van der Waals surface area contributed by atoms with Crippen LogP contribution in [-0.4, -0.2) is 53.9 Å². The van der Waals surface area contributed by atoms with Crippen molar-refractivity contribution in [2.75, 3.05) is 20.3 Å². The average Bonchev–Trinajstić information content (AvgIpc) is 3.58. The molecule has 0 radical (unpaired) electrons. The van der Waals surface area contributed by atoms with Gasteiger partial charge < -0.3 is 19.3 Å². The van der Waals surface area contributed by atoms with Gasteiger partial charge in [0.05, 0.1) is 12.7 Å². The minimum atomic E-state index is -0.526. The van der Waals surface area contributed by atoms with Gasteiger partial charge in [0.1, 0.15) is 5.75 Å². The maximum Gasteiger partial charge on any atom is 0.338 e. The molecule has 1 saturated carbocycles. The second kappa shape index (κ2) is 9.85. The molecule has 2 fully saturated rings. The number of carbonyl (C=O) groups is 3. The SMILES string of the molecule is COc1ccc(CN(C(=O)COC(=O)c2ccc(CN3CCCC3=O)cc2)C2CC2)cc1. The van der Waals surface area contributed by atoms with Crippen LogP contribution in [0.5, 0.6) is 5.75 Å². The monoisotopic (exact) mass is 436 g/mol. The Morgan fingerprint density at radius 3 is 2.31 bits per heavy atom. The first kappa shape index (κ1) is 21.9. The Kier molecular flexibility index (Phi) is 6.73. The molecule has 2 aliphatic rings. The predicted octanol–water partition coefficient (Wildman–Crippen LogP) is 3.17. The topological polar surface area (TPSA) is 76.2 Å². The summed E-state index contributed by atoms with van der Waals surface area (Å²) < 4.78 is 10.5. The van der Waals surface area contributed by atoms with E-state index in [1.54, 1.807) is 24.1 Å². The van der Waals surface area contributed by atoms with Crippen LogP contribution in [0.15, 0.2) is 48.5 Å². The number of methoxy groups -OCH3 is 1. The molecular weight excluding hydrogens is 408 g/mol. The fourth-order valence-corrected chi connectivity index (χ4v) is 3.87. The first-order valence-corrected chi connectivity index (χ1v) is 11.0. The Labute approximate surface area is 187 Å². The molecule has 1 aliphatic carbocycles. The molecule has 32 heavy (non-hydrogen) atoms. The van der Waals surface area contributed by atoms with Crippen molar-refractivity contribution in [1.82, 2.24) is 9.80 Å². The first-order valence-electron chi connectivity index (χ1n) is 11.0. The van der Waals surface area contributed by atoms with Gasteiger partial charge in [0.25, 0.3) is 5.91 Å². The number of carbonyl (C=O) groups excluding carboxylic acids is 3. The van der Waals surface area contributed by atoms with E-state index >= 15 is 0 Å². The second-order valence-corrected chi connectivity index (χ2v) is 8.29. The van der Waals surface area contributed by atoms with Crippen LogP contribution in [0.3, 0.4) is 0 Å². The van der Waals surface area contributed by atoms with Gasteiger partial charge in [-0.15, -0.1) is 0 Å². The van der Waals surface area contributed by atoms with E-state index in [2.05, 4.69) is 0 Å². The summed E-state index contributed by atoms with van der Waals surface area (Å²) in [6.45, 7) is 1.53. The van der Waals surface area contributed by atoms with E-state index in [4.69, 9.17) is 9.47 Å². The average molecular weight is 437 g/mol. The van der Waals surface area contributed by atoms with Crippen molar-refractivity contribution in [1.29, 1.82) is 0 Å². The van der Waals surface area contributed by atoms with Crippen LogP contribution in [0.1, 0.15) is 47.2 Å². The molecule has 1 heterocycles. The highest BCUT2D eigenvalue weighted by Crippen LogP contribution is 2.29. The molecule has 7 heteroatoms. The molecule has 0 unspecified atom stereocenters. The summed E-state index contributed by atoms with van der Waals surface area (Å²) in [5.74, 6) is 0.218. The van der Waals surface area contributed by atoms with Crippen molar-refractivity contribution in [3.63, 3.8) is 0 Å². The Balaban J connectivity index is 1.29. The molecule has 1 saturated heterocycles. The van der Waals surface area contributed by atoms with Crippen LogP contribution in [0.4, 0.5) is 0 Å². The zero-order chi connectivity index (χ0) is 22.5. The summed E-state index contributed by atoms with van der Waals surface area (Å²) in [5.41, 5.74) is 2.36. The van der Waals surface area contributed by atoms with Gasteiger partial charge in [-0.1, -0.05) is 24.3 Å². The van der Waals surface area contributed by atoms with Crippen molar-refractivity contribution in [2.45, 2.75) is 44.8 Å². The van der Waals surface area contributed by atoms with Crippen LogP contribution in [0.25, 0.3) is 0 Å². The van der Waals surface area contributed by atoms with E-state index in [0.29, 0.717) is 25.1 Å². The second-order valence-electron chi connectivity index (χ2n) is 8.29. The molecule has 0 spiro atoms. The smallest absolute Gasteiger partial charge is 0.338 e. The van der Waals surface area contributed by atoms with Crippen molar-refractivity contribution >= 4 is 17.8 Å². The summed E-state index contributed by atoms with van der Waals surface area (Å²) in [5, 5.41) is 0. The summed E-state index contributed by atoms with van der Waals surface area (Å²) in [6.07, 6.45) is 3.44. The van der Waals surface area contributed by atoms with Gasteiger partial charge in [-0.05, 0) is 54.7 Å². The summed E-state index contributed by atoms with van der Waals surface area (Å²) >= 11 is 0. The van der Waals surface area contributed by atoms with Crippen LogP contribution in [-0.2, 0) is 27.4 Å². The molecule has 2 aromatic rings. The number of likely N-dealkylation sites (tertiary alicyclic amines) is 1. The fourth-order valence-electron chi connectivity index (χ4n) is 3.87. The highest BCUT2D eigenvalue weighted by atomic mass is 16.5. The number of esters is 1. The first-order chi connectivity index (χ1) is 15.5. The minimum Gasteiger partial charge on any atom is -0.497 e. The molecule has 2 aromatic carbocycles. The molecule has 0 bridgehead atoms. The molecule has 0 N–H and O–H groups in total. The lowest BCUT2D eigenvalue weighted by Crippen LogP contribution is -2.36. The largest absolute Gasteiger partial charge is 0.497 e. The van der Waals surface area contributed by atoms with Crippen molar-refractivity contribution in [3.8, 4) is 5.75 Å². The molecule has 0 aromatic heterocycles. The van der Waals surface area contributed by atoms with Crippen LogP contribution in [0.2, 0.25) is 0 Å². The predicted molar refractivity (Wildman–Crippen MR) is 118 cm³/mol. The third-order valence-corrected chi connectivity index (χ3v) is 5.88. The zero-order valence-electron chi connectivity index (χ0n) is 18.3. The maximum atomic E-state index is 12.8. The van der Waals surface area contributed by atoms with E-state index in [0.717, 1.165) is 42.7 Å². The molecule has 2 amide bonds. The Bertz CT molecular complexity index is 967. The van der Waals surface area contributed by atoms with Gasteiger partial charge in [0, 0.05) is 32.1 Å². The van der Waals surface area contributed by atoms with E-state index < -0.39 is 5.97 Å². The highest BCUT2D eigenvalue weighted by Gasteiger charge is 2.33. The van der Waals surface area contributed by atoms with Crippen LogP contribution in [0, 0.1) is 0 Å². The van der Waals surface area contributed by atoms with Gasteiger partial charge in [-0.2, -0.15) is 0 Å². The van der Waals surface area contributed by atoms with Crippen LogP contribution >= 0.6 is 0 Å². The lowest BCUT2D eigenvalue weighted by atomic mass is 10.1. The molecule has 7 nitrogen and oxygen atoms in total. The van der Waals surface area contributed by atoms with Gasteiger partial charge in [0.2, 0.25) is 5.91 Å². The number of ether oxygens (including phenoxy) is 2. The standard InChI is InChI=1S/C25H28N2O5/c1-31-22-12-6-19(7-13-22)16-27(21-10-11-21)24(29)17-32-25(30)20-8-4-18(5-9-20)15-26-14-2-3-23(26)28/h4-9,12-13,21H,2-3,10-11,14-17H2,1H3. The summed E-state index contributed by atoms with van der Waals surface area (Å²) in [4.78, 5) is 40.5. The van der Waals surface area contributed by atoms with Crippen molar-refractivity contribution < 1.29 is 23.9 Å². The number of hydrogen-bond donors (Lipinski definition) is 0. The third kappa shape index (κ3) is 5.46.